The molecular weight excluding hydrogens is 336 g/mol. The molecule has 1 spiro atoms. The van der Waals surface area contributed by atoms with E-state index in [1.54, 1.807) is 0 Å². The van der Waals surface area contributed by atoms with E-state index in [0.717, 1.165) is 40.3 Å². The summed E-state index contributed by atoms with van der Waals surface area (Å²) in [5.41, 5.74) is 2.19. The average Bonchev–Trinajstić information content (AvgIpc) is 2.93. The van der Waals surface area contributed by atoms with Crippen molar-refractivity contribution in [3.8, 4) is 0 Å². The summed E-state index contributed by atoms with van der Waals surface area (Å²) >= 11 is 0. The Morgan fingerprint density at radius 3 is 2.63 bits per heavy atom. The Morgan fingerprint density at radius 2 is 1.70 bits per heavy atom. The van der Waals surface area contributed by atoms with Crippen molar-refractivity contribution >= 4 is 22.7 Å². The summed E-state index contributed by atoms with van der Waals surface area (Å²) in [6, 6.07) is 21.7. The first-order valence-electron chi connectivity index (χ1n) is 9.38. The third-order valence-electron chi connectivity index (χ3n) is 5.86. The molecule has 5 rings (SSSR count). The minimum atomic E-state index is -0.906. The number of nitrogens with zero attached hydrogens (tertiary/aromatic N) is 1. The molecule has 1 aliphatic carbocycles. The molecule has 1 atom stereocenters. The highest BCUT2D eigenvalue weighted by Crippen LogP contribution is 2.40. The quantitative estimate of drug-likeness (QED) is 0.702. The van der Waals surface area contributed by atoms with E-state index in [2.05, 4.69) is 11.4 Å². The number of rotatable bonds is 2. The first-order valence-corrected chi connectivity index (χ1v) is 9.38. The lowest BCUT2D eigenvalue weighted by molar-refractivity contribution is -0.132. The summed E-state index contributed by atoms with van der Waals surface area (Å²) in [5.74, 6) is -0.132. The van der Waals surface area contributed by atoms with E-state index in [4.69, 9.17) is 0 Å². The summed E-state index contributed by atoms with van der Waals surface area (Å²) in [6.07, 6.45) is 2.50. The van der Waals surface area contributed by atoms with Crippen LogP contribution >= 0.6 is 0 Å². The van der Waals surface area contributed by atoms with Gasteiger partial charge in [-0.3, -0.25) is 9.69 Å². The van der Waals surface area contributed by atoms with Crippen molar-refractivity contribution in [1.82, 2.24) is 10.2 Å². The van der Waals surface area contributed by atoms with Crippen molar-refractivity contribution in [2.75, 3.05) is 0 Å². The number of benzene rings is 3. The number of nitrogens with one attached hydrogen (secondary N) is 1. The topological polar surface area (TPSA) is 49.4 Å². The fraction of sp³-hybridized carbons (Fsp3) is 0.217. The standard InChI is InChI=1S/C23H20N2O2/c26-21-23(14-6-11-17-8-2-4-13-20(17)23)24-22(27)25(21)15-18-10-5-9-16-7-1-3-12-19(16)18/h1-5,7-10,12-13H,6,11,14-15H2,(H,24,27). The van der Waals surface area contributed by atoms with Crippen LogP contribution in [-0.2, 0) is 23.3 Å². The van der Waals surface area contributed by atoms with Crippen LogP contribution in [0.2, 0.25) is 0 Å². The van der Waals surface area contributed by atoms with Gasteiger partial charge in [0.1, 0.15) is 5.54 Å². The maximum Gasteiger partial charge on any atom is 0.325 e. The molecule has 3 amide bonds. The predicted molar refractivity (Wildman–Crippen MR) is 104 cm³/mol. The summed E-state index contributed by atoms with van der Waals surface area (Å²) in [4.78, 5) is 27.6. The zero-order valence-electron chi connectivity index (χ0n) is 14.9. The Labute approximate surface area is 157 Å². The third kappa shape index (κ3) is 2.36. The van der Waals surface area contributed by atoms with Gasteiger partial charge in [0.25, 0.3) is 5.91 Å². The number of amides is 3. The Bertz CT molecular complexity index is 1070. The van der Waals surface area contributed by atoms with Crippen molar-refractivity contribution in [1.29, 1.82) is 0 Å². The SMILES string of the molecule is O=C1NC2(CCCc3ccccc32)C(=O)N1Cc1cccc2ccccc12. The van der Waals surface area contributed by atoms with Crippen molar-refractivity contribution in [2.45, 2.75) is 31.3 Å². The molecule has 1 unspecified atom stereocenters. The number of imide groups is 1. The van der Waals surface area contributed by atoms with E-state index in [9.17, 15) is 9.59 Å². The molecule has 4 nitrogen and oxygen atoms in total. The van der Waals surface area contributed by atoms with Gasteiger partial charge in [0.2, 0.25) is 0 Å². The maximum absolute atomic E-state index is 13.4. The Balaban J connectivity index is 1.54. The van der Waals surface area contributed by atoms with Gasteiger partial charge in [0, 0.05) is 0 Å². The van der Waals surface area contributed by atoms with E-state index < -0.39 is 5.54 Å². The highest BCUT2D eigenvalue weighted by atomic mass is 16.2. The highest BCUT2D eigenvalue weighted by molar-refractivity contribution is 6.08. The molecule has 0 aromatic heterocycles. The summed E-state index contributed by atoms with van der Waals surface area (Å²) in [5, 5.41) is 5.22. The molecule has 1 fully saturated rings. The highest BCUT2D eigenvalue weighted by Gasteiger charge is 2.53. The van der Waals surface area contributed by atoms with Crippen LogP contribution in [0.3, 0.4) is 0 Å². The van der Waals surface area contributed by atoms with Gasteiger partial charge in [-0.15, -0.1) is 0 Å². The summed E-state index contributed by atoms with van der Waals surface area (Å²) in [6.45, 7) is 0.288. The molecule has 1 heterocycles. The molecule has 3 aromatic rings. The number of urea groups is 1. The second kappa shape index (κ2) is 5.95. The van der Waals surface area contributed by atoms with Gasteiger partial charge in [-0.05, 0) is 46.7 Å². The fourth-order valence-electron chi connectivity index (χ4n) is 4.56. The van der Waals surface area contributed by atoms with Crippen molar-refractivity contribution in [3.63, 3.8) is 0 Å². The van der Waals surface area contributed by atoms with Gasteiger partial charge in [-0.1, -0.05) is 66.7 Å². The summed E-state index contributed by atoms with van der Waals surface area (Å²) < 4.78 is 0. The molecule has 0 saturated carbocycles. The van der Waals surface area contributed by atoms with Crippen molar-refractivity contribution in [3.05, 3.63) is 83.4 Å². The van der Waals surface area contributed by atoms with Gasteiger partial charge >= 0.3 is 6.03 Å². The Kier molecular flexibility index (Phi) is 3.54. The second-order valence-electron chi connectivity index (χ2n) is 7.38. The molecule has 2 aliphatic rings. The smallest absolute Gasteiger partial charge is 0.319 e. The van der Waals surface area contributed by atoms with Crippen LogP contribution in [-0.4, -0.2) is 16.8 Å². The lowest BCUT2D eigenvalue weighted by Crippen LogP contribution is -2.46. The molecule has 1 aliphatic heterocycles. The minimum Gasteiger partial charge on any atom is -0.319 e. The maximum atomic E-state index is 13.4. The van der Waals surface area contributed by atoms with Crippen LogP contribution in [0, 0.1) is 0 Å². The molecular formula is C23H20N2O2. The second-order valence-corrected chi connectivity index (χ2v) is 7.38. The van der Waals surface area contributed by atoms with Gasteiger partial charge in [0.05, 0.1) is 6.54 Å². The van der Waals surface area contributed by atoms with Crippen LogP contribution < -0.4 is 5.32 Å². The monoisotopic (exact) mass is 356 g/mol. The molecule has 4 heteroatoms. The molecule has 134 valence electrons. The number of carbonyl (C=O) groups excluding carboxylic acids is 2. The molecule has 1 saturated heterocycles. The van der Waals surface area contributed by atoms with Gasteiger partial charge < -0.3 is 5.32 Å². The van der Waals surface area contributed by atoms with E-state index in [1.165, 1.54) is 4.90 Å². The zero-order valence-corrected chi connectivity index (χ0v) is 14.9. The number of hydrogen-bond acceptors (Lipinski definition) is 2. The van der Waals surface area contributed by atoms with Gasteiger partial charge in [-0.25, -0.2) is 4.79 Å². The molecule has 1 N–H and O–H groups in total. The van der Waals surface area contributed by atoms with Crippen LogP contribution in [0.1, 0.15) is 29.5 Å². The van der Waals surface area contributed by atoms with E-state index in [0.29, 0.717) is 6.42 Å². The van der Waals surface area contributed by atoms with Crippen LogP contribution in [0.5, 0.6) is 0 Å². The zero-order chi connectivity index (χ0) is 18.4. The normalized spacial score (nSPS) is 21.6. The largest absolute Gasteiger partial charge is 0.325 e. The molecule has 3 aromatic carbocycles. The van der Waals surface area contributed by atoms with Gasteiger partial charge in [-0.2, -0.15) is 0 Å². The number of fused-ring (bicyclic) bond motifs is 3. The van der Waals surface area contributed by atoms with E-state index >= 15 is 0 Å². The number of aryl methyl sites for hydroxylation is 1. The number of carbonyl (C=O) groups is 2. The first kappa shape index (κ1) is 16.1. The Morgan fingerprint density at radius 1 is 0.926 bits per heavy atom. The third-order valence-corrected chi connectivity index (χ3v) is 5.86. The van der Waals surface area contributed by atoms with Crippen LogP contribution in [0.25, 0.3) is 10.8 Å². The lowest BCUT2D eigenvalue weighted by Gasteiger charge is -2.33. The van der Waals surface area contributed by atoms with E-state index in [-0.39, 0.29) is 18.5 Å². The average molecular weight is 356 g/mol. The first-order chi connectivity index (χ1) is 13.2. The van der Waals surface area contributed by atoms with Crippen LogP contribution in [0.15, 0.2) is 66.7 Å². The molecule has 0 bridgehead atoms. The van der Waals surface area contributed by atoms with E-state index in [1.807, 2.05) is 60.7 Å². The number of hydrogen-bond donors (Lipinski definition) is 1. The lowest BCUT2D eigenvalue weighted by atomic mass is 9.76. The van der Waals surface area contributed by atoms with Gasteiger partial charge in [0.15, 0.2) is 0 Å². The molecule has 0 radical (unpaired) electrons. The summed E-state index contributed by atoms with van der Waals surface area (Å²) in [7, 11) is 0. The predicted octanol–water partition coefficient (Wildman–Crippen LogP) is 4.12. The fourth-order valence-corrected chi connectivity index (χ4v) is 4.56. The minimum absolute atomic E-state index is 0.132. The van der Waals surface area contributed by atoms with Crippen LogP contribution in [0.4, 0.5) is 4.79 Å². The Hall–Kier alpha value is -3.14. The molecule has 27 heavy (non-hydrogen) atoms. The van der Waals surface area contributed by atoms with Crippen molar-refractivity contribution in [2.24, 2.45) is 0 Å². The van der Waals surface area contributed by atoms with Crippen molar-refractivity contribution < 1.29 is 9.59 Å².